The summed E-state index contributed by atoms with van der Waals surface area (Å²) >= 11 is 0. The molecule has 1 heterocycles. The molecule has 0 bridgehead atoms. The molecule has 1 fully saturated rings. The number of piperazine rings is 1. The number of hydrogen-bond acceptors (Lipinski definition) is 3. The third-order valence-corrected chi connectivity index (χ3v) is 4.48. The van der Waals surface area contributed by atoms with Crippen molar-refractivity contribution in [2.24, 2.45) is 0 Å². The van der Waals surface area contributed by atoms with Gasteiger partial charge in [0.15, 0.2) is 0 Å². The molecule has 0 spiro atoms. The number of carbonyl (C=O) groups excluding carboxylic acids is 1. The molecule has 3 rings (SSSR count). The largest absolute Gasteiger partial charge is 0.496 e. The molecule has 2 aromatic rings. The molecule has 0 radical (unpaired) electrons. The molecule has 0 aliphatic carbocycles. The second-order valence-electron chi connectivity index (χ2n) is 6.16. The lowest BCUT2D eigenvalue weighted by atomic mass is 10.1. The van der Waals surface area contributed by atoms with E-state index in [0.29, 0.717) is 0 Å². The van der Waals surface area contributed by atoms with Crippen LogP contribution in [-0.2, 0) is 11.3 Å². The summed E-state index contributed by atoms with van der Waals surface area (Å²) in [7, 11) is 1.64. The van der Waals surface area contributed by atoms with Crippen molar-refractivity contribution >= 4 is 12.0 Å². The molecule has 4 heteroatoms. The lowest BCUT2D eigenvalue weighted by molar-refractivity contribution is -0.127. The van der Waals surface area contributed by atoms with E-state index >= 15 is 0 Å². The Kier molecular flexibility index (Phi) is 5.86. The van der Waals surface area contributed by atoms with Crippen molar-refractivity contribution < 1.29 is 9.53 Å². The molecule has 130 valence electrons. The Bertz CT molecular complexity index is 720. The minimum Gasteiger partial charge on any atom is -0.496 e. The molecule has 0 atom stereocenters. The van der Waals surface area contributed by atoms with Gasteiger partial charge < -0.3 is 9.64 Å². The van der Waals surface area contributed by atoms with E-state index in [0.717, 1.165) is 44.0 Å². The Balaban J connectivity index is 1.52. The van der Waals surface area contributed by atoms with Crippen LogP contribution in [0.15, 0.2) is 60.7 Å². The molecule has 0 unspecified atom stereocenters. The monoisotopic (exact) mass is 336 g/mol. The van der Waals surface area contributed by atoms with Gasteiger partial charge in [-0.25, -0.2) is 0 Å². The first-order valence-electron chi connectivity index (χ1n) is 8.62. The second kappa shape index (κ2) is 8.49. The van der Waals surface area contributed by atoms with E-state index in [-0.39, 0.29) is 5.91 Å². The minimum absolute atomic E-state index is 0.0604. The fourth-order valence-corrected chi connectivity index (χ4v) is 3.04. The van der Waals surface area contributed by atoms with Gasteiger partial charge in [-0.2, -0.15) is 0 Å². The Morgan fingerprint density at radius 1 is 1.00 bits per heavy atom. The zero-order valence-electron chi connectivity index (χ0n) is 14.6. The lowest BCUT2D eigenvalue weighted by Gasteiger charge is -2.34. The second-order valence-corrected chi connectivity index (χ2v) is 6.16. The van der Waals surface area contributed by atoms with E-state index in [9.17, 15) is 4.79 Å². The molecular formula is C21H24N2O2. The molecule has 0 saturated carbocycles. The number of nitrogens with zero attached hydrogens (tertiary/aromatic N) is 2. The van der Waals surface area contributed by atoms with Gasteiger partial charge in [0.05, 0.1) is 7.11 Å². The zero-order chi connectivity index (χ0) is 17.5. The third kappa shape index (κ3) is 4.70. The van der Waals surface area contributed by atoms with Gasteiger partial charge in [0.2, 0.25) is 5.91 Å². The van der Waals surface area contributed by atoms with Crippen molar-refractivity contribution in [3.05, 3.63) is 71.8 Å². The molecule has 1 aliphatic rings. The molecule has 25 heavy (non-hydrogen) atoms. The Labute approximate surface area is 149 Å². The van der Waals surface area contributed by atoms with Crippen LogP contribution in [0.25, 0.3) is 6.08 Å². The number of amides is 1. The predicted octanol–water partition coefficient (Wildman–Crippen LogP) is 3.05. The van der Waals surface area contributed by atoms with E-state index in [1.807, 2.05) is 41.3 Å². The highest BCUT2D eigenvalue weighted by Gasteiger charge is 2.19. The van der Waals surface area contributed by atoms with E-state index in [4.69, 9.17) is 4.74 Å². The summed E-state index contributed by atoms with van der Waals surface area (Å²) in [5.74, 6) is 0.837. The topological polar surface area (TPSA) is 32.8 Å². The molecule has 1 saturated heterocycles. The van der Waals surface area contributed by atoms with Crippen molar-refractivity contribution in [1.82, 2.24) is 9.80 Å². The molecule has 1 aliphatic heterocycles. The predicted molar refractivity (Wildman–Crippen MR) is 100 cm³/mol. The van der Waals surface area contributed by atoms with E-state index in [2.05, 4.69) is 29.2 Å². The third-order valence-electron chi connectivity index (χ3n) is 4.48. The Morgan fingerprint density at radius 3 is 2.40 bits per heavy atom. The zero-order valence-corrected chi connectivity index (χ0v) is 14.6. The van der Waals surface area contributed by atoms with Crippen molar-refractivity contribution in [3.8, 4) is 5.75 Å². The number of carbonyl (C=O) groups is 1. The van der Waals surface area contributed by atoms with E-state index in [1.165, 1.54) is 5.56 Å². The summed E-state index contributed by atoms with van der Waals surface area (Å²) in [6, 6.07) is 18.2. The maximum Gasteiger partial charge on any atom is 0.246 e. The first-order chi connectivity index (χ1) is 12.3. The van der Waals surface area contributed by atoms with Crippen LogP contribution in [0, 0.1) is 0 Å². The van der Waals surface area contributed by atoms with Gasteiger partial charge in [-0.15, -0.1) is 0 Å². The smallest absolute Gasteiger partial charge is 0.246 e. The molecule has 4 nitrogen and oxygen atoms in total. The van der Waals surface area contributed by atoms with Gasteiger partial charge in [-0.1, -0.05) is 48.5 Å². The highest BCUT2D eigenvalue weighted by Crippen LogP contribution is 2.19. The van der Waals surface area contributed by atoms with Crippen LogP contribution in [0.5, 0.6) is 5.75 Å². The van der Waals surface area contributed by atoms with Crippen molar-refractivity contribution in [2.45, 2.75) is 6.54 Å². The number of rotatable bonds is 5. The van der Waals surface area contributed by atoms with Gasteiger partial charge in [0.1, 0.15) is 5.75 Å². The highest BCUT2D eigenvalue weighted by atomic mass is 16.5. The average molecular weight is 336 g/mol. The maximum atomic E-state index is 12.4. The molecule has 0 N–H and O–H groups in total. The Morgan fingerprint density at radius 2 is 1.68 bits per heavy atom. The maximum absolute atomic E-state index is 12.4. The van der Waals surface area contributed by atoms with E-state index < -0.39 is 0 Å². The molecule has 0 aromatic heterocycles. The van der Waals surface area contributed by atoms with Crippen molar-refractivity contribution in [2.75, 3.05) is 33.3 Å². The van der Waals surface area contributed by atoms with Crippen LogP contribution in [0.2, 0.25) is 0 Å². The fourth-order valence-electron chi connectivity index (χ4n) is 3.04. The molecular weight excluding hydrogens is 312 g/mol. The lowest BCUT2D eigenvalue weighted by Crippen LogP contribution is -2.47. The number of ether oxygens (including phenoxy) is 1. The highest BCUT2D eigenvalue weighted by molar-refractivity contribution is 5.92. The first kappa shape index (κ1) is 17.2. The summed E-state index contributed by atoms with van der Waals surface area (Å²) in [6.07, 6.45) is 3.47. The van der Waals surface area contributed by atoms with Crippen LogP contribution in [0.4, 0.5) is 0 Å². The van der Waals surface area contributed by atoms with Crippen LogP contribution >= 0.6 is 0 Å². The quantitative estimate of drug-likeness (QED) is 0.787. The van der Waals surface area contributed by atoms with Gasteiger partial charge in [0, 0.05) is 44.4 Å². The fraction of sp³-hybridized carbons (Fsp3) is 0.286. The van der Waals surface area contributed by atoms with Crippen LogP contribution < -0.4 is 4.74 Å². The van der Waals surface area contributed by atoms with Gasteiger partial charge in [0.25, 0.3) is 0 Å². The van der Waals surface area contributed by atoms with Gasteiger partial charge in [-0.3, -0.25) is 9.69 Å². The summed E-state index contributed by atoms with van der Waals surface area (Å²) in [6.45, 7) is 4.29. The number of methoxy groups -OCH3 is 1. The summed E-state index contributed by atoms with van der Waals surface area (Å²) in [5.41, 5.74) is 2.24. The van der Waals surface area contributed by atoms with Crippen molar-refractivity contribution in [1.29, 1.82) is 0 Å². The number of para-hydroxylation sites is 1. The van der Waals surface area contributed by atoms with E-state index in [1.54, 1.807) is 13.2 Å². The SMILES string of the molecule is COc1ccccc1/C=C/C(=O)N1CCN(Cc2ccccc2)CC1. The van der Waals surface area contributed by atoms with Crippen LogP contribution in [0.3, 0.4) is 0 Å². The summed E-state index contributed by atoms with van der Waals surface area (Å²) < 4.78 is 5.31. The summed E-state index contributed by atoms with van der Waals surface area (Å²) in [5, 5.41) is 0. The normalized spacial score (nSPS) is 15.5. The number of hydrogen-bond donors (Lipinski definition) is 0. The standard InChI is InChI=1S/C21H24N2O2/c1-25-20-10-6-5-9-19(20)11-12-21(24)23-15-13-22(14-16-23)17-18-7-3-2-4-8-18/h2-12H,13-17H2,1H3/b12-11+. The van der Waals surface area contributed by atoms with Crippen LogP contribution in [0.1, 0.15) is 11.1 Å². The van der Waals surface area contributed by atoms with Gasteiger partial charge in [-0.05, 0) is 17.7 Å². The van der Waals surface area contributed by atoms with Crippen LogP contribution in [-0.4, -0.2) is 49.0 Å². The average Bonchev–Trinajstić information content (AvgIpc) is 2.67. The Hall–Kier alpha value is -2.59. The van der Waals surface area contributed by atoms with Gasteiger partial charge >= 0.3 is 0 Å². The molecule has 2 aromatic carbocycles. The molecule has 1 amide bonds. The first-order valence-corrected chi connectivity index (χ1v) is 8.62. The van der Waals surface area contributed by atoms with Crippen molar-refractivity contribution in [3.63, 3.8) is 0 Å². The minimum atomic E-state index is 0.0604. The summed E-state index contributed by atoms with van der Waals surface area (Å²) in [4.78, 5) is 16.7. The number of benzene rings is 2.